The third-order valence-corrected chi connectivity index (χ3v) is 3.04. The van der Waals surface area contributed by atoms with E-state index in [0.29, 0.717) is 11.6 Å². The Morgan fingerprint density at radius 1 is 1.56 bits per heavy atom. The van der Waals surface area contributed by atoms with Crippen LogP contribution in [-0.2, 0) is 4.79 Å². The summed E-state index contributed by atoms with van der Waals surface area (Å²) in [5.41, 5.74) is 5.93. The highest BCUT2D eigenvalue weighted by atomic mass is 16.5. The summed E-state index contributed by atoms with van der Waals surface area (Å²) in [4.78, 5) is 11.9. The summed E-state index contributed by atoms with van der Waals surface area (Å²) in [5, 5.41) is 6.47. The first-order chi connectivity index (χ1) is 7.66. The molecule has 1 aliphatic carbocycles. The number of nitrogens with two attached hydrogens (primary N) is 1. The maximum Gasteiger partial charge on any atom is 0.230 e. The number of aromatic nitrogens is 1. The molecular formula is C11H17N3O2. The number of amides is 1. The van der Waals surface area contributed by atoms with Crippen LogP contribution in [0.5, 0.6) is 0 Å². The first-order valence-electron chi connectivity index (χ1n) is 5.66. The van der Waals surface area contributed by atoms with Gasteiger partial charge in [0, 0.05) is 12.1 Å². The van der Waals surface area contributed by atoms with Crippen LogP contribution in [0.15, 0.2) is 10.6 Å². The minimum absolute atomic E-state index is 0.0262. The molecule has 0 spiro atoms. The molecule has 1 aromatic heterocycles. The minimum Gasteiger partial charge on any atom is -0.360 e. The second-order valence-electron chi connectivity index (χ2n) is 4.37. The third kappa shape index (κ3) is 2.41. The number of anilines is 1. The summed E-state index contributed by atoms with van der Waals surface area (Å²) < 4.78 is 4.88. The molecule has 88 valence electrons. The van der Waals surface area contributed by atoms with Crippen LogP contribution in [0.3, 0.4) is 0 Å². The molecule has 2 rings (SSSR count). The number of nitrogens with zero attached hydrogens (tertiary/aromatic N) is 1. The van der Waals surface area contributed by atoms with Crippen LogP contribution >= 0.6 is 0 Å². The predicted octanol–water partition coefficient (Wildman–Crippen LogP) is 1.44. The van der Waals surface area contributed by atoms with E-state index in [1.165, 1.54) is 0 Å². The van der Waals surface area contributed by atoms with Crippen molar-refractivity contribution in [3.8, 4) is 0 Å². The van der Waals surface area contributed by atoms with Crippen molar-refractivity contribution in [1.82, 2.24) is 5.16 Å². The van der Waals surface area contributed by atoms with Crippen LogP contribution in [0.1, 0.15) is 31.4 Å². The van der Waals surface area contributed by atoms with Crippen LogP contribution in [0, 0.1) is 12.8 Å². The Bertz CT molecular complexity index is 375. The number of hydrogen-bond donors (Lipinski definition) is 2. The molecule has 16 heavy (non-hydrogen) atoms. The highest BCUT2D eigenvalue weighted by molar-refractivity contribution is 5.92. The lowest BCUT2D eigenvalue weighted by atomic mass is 9.84. The average Bonchev–Trinajstić information content (AvgIpc) is 2.64. The van der Waals surface area contributed by atoms with Gasteiger partial charge in [0.2, 0.25) is 5.91 Å². The standard InChI is InChI=1S/C11H17N3O2/c1-7-6-10(14-16-7)13-11(15)8-4-2-3-5-9(8)12/h6,8-9H,2-5,12H2,1H3,(H,13,14,15). The maximum atomic E-state index is 11.9. The van der Waals surface area contributed by atoms with Gasteiger partial charge in [0.1, 0.15) is 5.76 Å². The van der Waals surface area contributed by atoms with Crippen LogP contribution in [-0.4, -0.2) is 17.1 Å². The van der Waals surface area contributed by atoms with Crippen molar-refractivity contribution in [2.24, 2.45) is 11.7 Å². The van der Waals surface area contributed by atoms with Crippen molar-refractivity contribution in [2.75, 3.05) is 5.32 Å². The second kappa shape index (κ2) is 4.65. The second-order valence-corrected chi connectivity index (χ2v) is 4.37. The van der Waals surface area contributed by atoms with Gasteiger partial charge in [0.05, 0.1) is 5.92 Å². The van der Waals surface area contributed by atoms with E-state index in [0.717, 1.165) is 25.7 Å². The summed E-state index contributed by atoms with van der Waals surface area (Å²) in [7, 11) is 0. The zero-order chi connectivity index (χ0) is 11.5. The van der Waals surface area contributed by atoms with Crippen LogP contribution in [0.4, 0.5) is 5.82 Å². The van der Waals surface area contributed by atoms with E-state index in [4.69, 9.17) is 10.3 Å². The highest BCUT2D eigenvalue weighted by Gasteiger charge is 2.28. The van der Waals surface area contributed by atoms with Crippen molar-refractivity contribution >= 4 is 11.7 Å². The molecule has 1 amide bonds. The highest BCUT2D eigenvalue weighted by Crippen LogP contribution is 2.24. The van der Waals surface area contributed by atoms with Crippen molar-refractivity contribution in [2.45, 2.75) is 38.6 Å². The quantitative estimate of drug-likeness (QED) is 0.794. The molecule has 1 heterocycles. The molecular weight excluding hydrogens is 206 g/mol. The van der Waals surface area contributed by atoms with Gasteiger partial charge in [-0.05, 0) is 19.8 Å². The van der Waals surface area contributed by atoms with Crippen LogP contribution < -0.4 is 11.1 Å². The number of carbonyl (C=O) groups is 1. The van der Waals surface area contributed by atoms with Gasteiger partial charge in [-0.3, -0.25) is 4.79 Å². The maximum absolute atomic E-state index is 11.9. The summed E-state index contributed by atoms with van der Waals surface area (Å²) in [6.07, 6.45) is 3.98. The molecule has 2 atom stereocenters. The first kappa shape index (κ1) is 11.1. The molecule has 1 saturated carbocycles. The molecule has 0 aromatic carbocycles. The van der Waals surface area contributed by atoms with E-state index >= 15 is 0 Å². The van der Waals surface area contributed by atoms with Gasteiger partial charge in [-0.25, -0.2) is 0 Å². The van der Waals surface area contributed by atoms with Crippen molar-refractivity contribution in [1.29, 1.82) is 0 Å². The molecule has 0 saturated heterocycles. The van der Waals surface area contributed by atoms with E-state index in [1.54, 1.807) is 13.0 Å². The molecule has 0 radical (unpaired) electrons. The van der Waals surface area contributed by atoms with Gasteiger partial charge in [0.15, 0.2) is 5.82 Å². The van der Waals surface area contributed by atoms with Crippen molar-refractivity contribution < 1.29 is 9.32 Å². The van der Waals surface area contributed by atoms with Gasteiger partial charge < -0.3 is 15.6 Å². The average molecular weight is 223 g/mol. The number of rotatable bonds is 2. The SMILES string of the molecule is Cc1cc(NC(=O)C2CCCCC2N)no1. The fraction of sp³-hybridized carbons (Fsp3) is 0.636. The molecule has 3 N–H and O–H groups in total. The van der Waals surface area contributed by atoms with Gasteiger partial charge in [-0.2, -0.15) is 0 Å². The van der Waals surface area contributed by atoms with E-state index in [2.05, 4.69) is 10.5 Å². The molecule has 5 heteroatoms. The zero-order valence-electron chi connectivity index (χ0n) is 9.40. The number of carbonyl (C=O) groups excluding carboxylic acids is 1. The van der Waals surface area contributed by atoms with Gasteiger partial charge in [-0.1, -0.05) is 18.0 Å². The van der Waals surface area contributed by atoms with Crippen LogP contribution in [0.2, 0.25) is 0 Å². The zero-order valence-corrected chi connectivity index (χ0v) is 9.40. The Morgan fingerprint density at radius 3 is 2.94 bits per heavy atom. The Balaban J connectivity index is 1.96. The van der Waals surface area contributed by atoms with E-state index in [1.807, 2.05) is 0 Å². The molecule has 2 unspecified atom stereocenters. The minimum atomic E-state index is -0.0919. The Hall–Kier alpha value is -1.36. The van der Waals surface area contributed by atoms with Crippen molar-refractivity contribution in [3.63, 3.8) is 0 Å². The molecule has 1 aliphatic rings. The summed E-state index contributed by atoms with van der Waals surface area (Å²) in [6, 6.07) is 1.67. The van der Waals surface area contributed by atoms with Crippen LogP contribution in [0.25, 0.3) is 0 Å². The van der Waals surface area contributed by atoms with E-state index < -0.39 is 0 Å². The summed E-state index contributed by atoms with van der Waals surface area (Å²) in [5.74, 6) is 1.02. The summed E-state index contributed by atoms with van der Waals surface area (Å²) >= 11 is 0. The number of hydrogen-bond acceptors (Lipinski definition) is 4. The number of nitrogens with one attached hydrogen (secondary N) is 1. The lowest BCUT2D eigenvalue weighted by Crippen LogP contribution is -2.40. The third-order valence-electron chi connectivity index (χ3n) is 3.04. The number of aryl methyl sites for hydroxylation is 1. The van der Waals surface area contributed by atoms with E-state index in [-0.39, 0.29) is 17.9 Å². The molecule has 0 bridgehead atoms. The normalized spacial score (nSPS) is 25.4. The Labute approximate surface area is 94.4 Å². The summed E-state index contributed by atoms with van der Waals surface area (Å²) in [6.45, 7) is 1.79. The topological polar surface area (TPSA) is 81.2 Å². The van der Waals surface area contributed by atoms with Crippen molar-refractivity contribution in [3.05, 3.63) is 11.8 Å². The molecule has 1 aromatic rings. The fourth-order valence-electron chi connectivity index (χ4n) is 2.13. The largest absolute Gasteiger partial charge is 0.360 e. The fourth-order valence-corrected chi connectivity index (χ4v) is 2.13. The molecule has 5 nitrogen and oxygen atoms in total. The van der Waals surface area contributed by atoms with Gasteiger partial charge in [-0.15, -0.1) is 0 Å². The van der Waals surface area contributed by atoms with E-state index in [9.17, 15) is 4.79 Å². The first-order valence-corrected chi connectivity index (χ1v) is 5.66. The van der Waals surface area contributed by atoms with Gasteiger partial charge in [0.25, 0.3) is 0 Å². The monoisotopic (exact) mass is 223 g/mol. The molecule has 0 aliphatic heterocycles. The lowest BCUT2D eigenvalue weighted by molar-refractivity contribution is -0.121. The lowest BCUT2D eigenvalue weighted by Gasteiger charge is -2.26. The Kier molecular flexibility index (Phi) is 3.24. The van der Waals surface area contributed by atoms with Gasteiger partial charge >= 0.3 is 0 Å². The predicted molar refractivity (Wildman–Crippen MR) is 59.8 cm³/mol. The Morgan fingerprint density at radius 2 is 2.31 bits per heavy atom. The smallest absolute Gasteiger partial charge is 0.230 e. The molecule has 1 fully saturated rings.